The summed E-state index contributed by atoms with van der Waals surface area (Å²) in [6.45, 7) is 2.83. The van der Waals surface area contributed by atoms with Gasteiger partial charge in [-0.05, 0) is 36.3 Å². The standard InChI is InChI=1S/C17H20O4/c1-2-14-12-20-9-8-15(14)11-17(19)21-10-7-13-3-5-16(18)6-4-13/h2-6,8-9,15,18H,7,10-12H2,1H3/b14-2+/t15-/m0/s1. The maximum Gasteiger partial charge on any atom is 0.306 e. The Morgan fingerprint density at radius 1 is 1.43 bits per heavy atom. The van der Waals surface area contributed by atoms with Crippen molar-refractivity contribution >= 4 is 5.97 Å². The summed E-state index contributed by atoms with van der Waals surface area (Å²) in [5.74, 6) is 0.107. The Bertz CT molecular complexity index is 528. The molecule has 0 radical (unpaired) electrons. The van der Waals surface area contributed by atoms with Crippen LogP contribution in [0.1, 0.15) is 18.9 Å². The molecule has 0 aromatic heterocycles. The molecule has 0 aliphatic carbocycles. The molecule has 1 heterocycles. The van der Waals surface area contributed by atoms with Gasteiger partial charge in [0.1, 0.15) is 12.4 Å². The van der Waals surface area contributed by atoms with E-state index in [4.69, 9.17) is 9.47 Å². The van der Waals surface area contributed by atoms with Crippen molar-refractivity contribution in [3.8, 4) is 5.75 Å². The lowest BCUT2D eigenvalue weighted by molar-refractivity contribution is -0.144. The van der Waals surface area contributed by atoms with E-state index < -0.39 is 0 Å². The van der Waals surface area contributed by atoms with Crippen LogP contribution in [0.4, 0.5) is 0 Å². The third-order valence-electron chi connectivity index (χ3n) is 3.48. The van der Waals surface area contributed by atoms with E-state index >= 15 is 0 Å². The van der Waals surface area contributed by atoms with Crippen molar-refractivity contribution in [1.82, 2.24) is 0 Å². The first-order valence-electron chi connectivity index (χ1n) is 7.06. The molecule has 0 saturated carbocycles. The summed E-state index contributed by atoms with van der Waals surface area (Å²) >= 11 is 0. The van der Waals surface area contributed by atoms with Crippen molar-refractivity contribution in [1.29, 1.82) is 0 Å². The number of hydrogen-bond donors (Lipinski definition) is 1. The SMILES string of the molecule is C/C=C1\COC=C[C@H]1CC(=O)OCCc1ccc(O)cc1. The molecule has 0 bridgehead atoms. The number of esters is 1. The van der Waals surface area contributed by atoms with Crippen molar-refractivity contribution in [3.05, 3.63) is 53.8 Å². The average molecular weight is 288 g/mol. The van der Waals surface area contributed by atoms with Gasteiger partial charge in [0.2, 0.25) is 0 Å². The van der Waals surface area contributed by atoms with Gasteiger partial charge in [-0.25, -0.2) is 0 Å². The van der Waals surface area contributed by atoms with Gasteiger partial charge in [-0.2, -0.15) is 0 Å². The molecule has 1 atom stereocenters. The minimum absolute atomic E-state index is 0.0740. The van der Waals surface area contributed by atoms with E-state index in [9.17, 15) is 9.90 Å². The molecule has 0 amide bonds. The summed E-state index contributed by atoms with van der Waals surface area (Å²) in [4.78, 5) is 11.9. The second-order valence-corrected chi connectivity index (χ2v) is 4.95. The second-order valence-electron chi connectivity index (χ2n) is 4.95. The molecule has 4 heteroatoms. The van der Waals surface area contributed by atoms with Crippen molar-refractivity contribution in [2.75, 3.05) is 13.2 Å². The number of carbonyl (C=O) groups excluding carboxylic acids is 1. The highest BCUT2D eigenvalue weighted by Crippen LogP contribution is 2.22. The predicted molar refractivity (Wildman–Crippen MR) is 79.7 cm³/mol. The molecule has 1 aliphatic heterocycles. The third-order valence-corrected chi connectivity index (χ3v) is 3.48. The Balaban J connectivity index is 1.76. The van der Waals surface area contributed by atoms with Gasteiger partial charge in [-0.15, -0.1) is 0 Å². The smallest absolute Gasteiger partial charge is 0.306 e. The van der Waals surface area contributed by atoms with Gasteiger partial charge in [0, 0.05) is 12.3 Å². The van der Waals surface area contributed by atoms with Crippen molar-refractivity contribution in [3.63, 3.8) is 0 Å². The van der Waals surface area contributed by atoms with E-state index in [2.05, 4.69) is 0 Å². The zero-order valence-corrected chi connectivity index (χ0v) is 12.1. The summed E-state index contributed by atoms with van der Waals surface area (Å²) < 4.78 is 10.5. The number of allylic oxidation sites excluding steroid dienone is 2. The van der Waals surface area contributed by atoms with E-state index in [-0.39, 0.29) is 17.6 Å². The average Bonchev–Trinajstić information content (AvgIpc) is 2.50. The summed E-state index contributed by atoms with van der Waals surface area (Å²) in [6, 6.07) is 6.90. The van der Waals surface area contributed by atoms with Crippen molar-refractivity contribution in [2.45, 2.75) is 19.8 Å². The summed E-state index contributed by atoms with van der Waals surface area (Å²) in [6.07, 6.45) is 6.50. The fourth-order valence-electron chi connectivity index (χ4n) is 2.21. The lowest BCUT2D eigenvalue weighted by atomic mass is 9.95. The molecule has 21 heavy (non-hydrogen) atoms. The van der Waals surface area contributed by atoms with Crippen LogP contribution in [0.2, 0.25) is 0 Å². The Morgan fingerprint density at radius 2 is 2.19 bits per heavy atom. The Hall–Kier alpha value is -2.23. The molecule has 1 N–H and O–H groups in total. The molecule has 1 aromatic rings. The monoisotopic (exact) mass is 288 g/mol. The number of aromatic hydroxyl groups is 1. The highest BCUT2D eigenvalue weighted by atomic mass is 16.5. The lowest BCUT2D eigenvalue weighted by Gasteiger charge is -2.20. The minimum Gasteiger partial charge on any atom is -0.508 e. The molecular formula is C17H20O4. The van der Waals surface area contributed by atoms with Gasteiger partial charge < -0.3 is 14.6 Å². The predicted octanol–water partition coefficient (Wildman–Crippen LogP) is 2.97. The first kappa shape index (κ1) is 15.2. The van der Waals surface area contributed by atoms with Gasteiger partial charge in [-0.1, -0.05) is 18.2 Å². The number of ether oxygens (including phenoxy) is 2. The number of benzene rings is 1. The fraction of sp³-hybridized carbons (Fsp3) is 0.353. The molecule has 2 rings (SSSR count). The molecule has 1 aliphatic rings. The Labute approximate surface area is 124 Å². The molecule has 0 fully saturated rings. The molecule has 1 aromatic carbocycles. The third kappa shape index (κ3) is 4.67. The van der Waals surface area contributed by atoms with Crippen molar-refractivity contribution in [2.24, 2.45) is 5.92 Å². The van der Waals surface area contributed by atoms with Crippen molar-refractivity contribution < 1.29 is 19.4 Å². The first-order valence-corrected chi connectivity index (χ1v) is 7.06. The highest BCUT2D eigenvalue weighted by molar-refractivity contribution is 5.70. The van der Waals surface area contributed by atoms with Crippen LogP contribution in [0.5, 0.6) is 5.75 Å². The number of carbonyl (C=O) groups is 1. The Morgan fingerprint density at radius 3 is 2.90 bits per heavy atom. The summed E-state index contributed by atoms with van der Waals surface area (Å²) in [5.41, 5.74) is 2.13. The van der Waals surface area contributed by atoms with E-state index in [1.165, 1.54) is 0 Å². The first-order chi connectivity index (χ1) is 10.2. The molecule has 0 saturated heterocycles. The lowest BCUT2D eigenvalue weighted by Crippen LogP contribution is -2.17. The number of phenolic OH excluding ortho intramolecular Hbond substituents is 1. The van der Waals surface area contributed by atoms with E-state index in [1.54, 1.807) is 18.4 Å². The van der Waals surface area contributed by atoms with Gasteiger partial charge >= 0.3 is 5.97 Å². The van der Waals surface area contributed by atoms with E-state index in [0.29, 0.717) is 26.1 Å². The van der Waals surface area contributed by atoms with Gasteiger partial charge in [0.05, 0.1) is 19.3 Å². The van der Waals surface area contributed by atoms with Crippen LogP contribution >= 0.6 is 0 Å². The quantitative estimate of drug-likeness (QED) is 0.668. The fourth-order valence-corrected chi connectivity index (χ4v) is 2.21. The zero-order chi connectivity index (χ0) is 15.1. The molecule has 0 unspecified atom stereocenters. The van der Waals surface area contributed by atoms with Gasteiger partial charge in [0.25, 0.3) is 0 Å². The van der Waals surface area contributed by atoms with Crippen LogP contribution in [0.3, 0.4) is 0 Å². The van der Waals surface area contributed by atoms with Crippen LogP contribution in [0, 0.1) is 5.92 Å². The summed E-state index contributed by atoms with van der Waals surface area (Å²) in [5, 5.41) is 9.19. The van der Waals surface area contributed by atoms with E-state index in [0.717, 1.165) is 11.1 Å². The Kier molecular flexibility index (Phi) is 5.43. The van der Waals surface area contributed by atoms with Gasteiger partial charge in [-0.3, -0.25) is 4.79 Å². The van der Waals surface area contributed by atoms with Crippen LogP contribution in [-0.4, -0.2) is 24.3 Å². The summed E-state index contributed by atoms with van der Waals surface area (Å²) in [7, 11) is 0. The maximum absolute atomic E-state index is 11.9. The minimum atomic E-state index is -0.204. The highest BCUT2D eigenvalue weighted by Gasteiger charge is 2.19. The normalized spacial score (nSPS) is 19.3. The molecular weight excluding hydrogens is 268 g/mol. The number of rotatable bonds is 5. The molecule has 4 nitrogen and oxygen atoms in total. The topological polar surface area (TPSA) is 55.8 Å². The van der Waals surface area contributed by atoms with E-state index in [1.807, 2.05) is 31.2 Å². The number of phenols is 1. The number of hydrogen-bond acceptors (Lipinski definition) is 4. The van der Waals surface area contributed by atoms with Crippen LogP contribution in [-0.2, 0) is 20.7 Å². The van der Waals surface area contributed by atoms with Crippen LogP contribution < -0.4 is 0 Å². The molecule has 0 spiro atoms. The van der Waals surface area contributed by atoms with Gasteiger partial charge in [0.15, 0.2) is 0 Å². The largest absolute Gasteiger partial charge is 0.508 e. The second kappa shape index (κ2) is 7.53. The maximum atomic E-state index is 11.9. The molecule has 112 valence electrons. The van der Waals surface area contributed by atoms with Crippen LogP contribution in [0.15, 0.2) is 48.3 Å². The van der Waals surface area contributed by atoms with Crippen LogP contribution in [0.25, 0.3) is 0 Å². The zero-order valence-electron chi connectivity index (χ0n) is 12.1.